The Bertz CT molecular complexity index is 834. The van der Waals surface area contributed by atoms with Gasteiger partial charge in [0.25, 0.3) is 0 Å². The van der Waals surface area contributed by atoms with Crippen LogP contribution in [0.1, 0.15) is 12.8 Å². The van der Waals surface area contributed by atoms with E-state index in [0.29, 0.717) is 10.0 Å². The van der Waals surface area contributed by atoms with E-state index in [1.54, 1.807) is 0 Å². The van der Waals surface area contributed by atoms with E-state index in [9.17, 15) is 0 Å². The molecule has 2 aliphatic rings. The van der Waals surface area contributed by atoms with Gasteiger partial charge in [0.2, 0.25) is 0 Å². The van der Waals surface area contributed by atoms with Gasteiger partial charge in [-0.05, 0) is 0 Å². The van der Waals surface area contributed by atoms with Crippen molar-refractivity contribution < 1.29 is 26.8 Å². The van der Waals surface area contributed by atoms with Gasteiger partial charge in [0, 0.05) is 0 Å². The van der Waals surface area contributed by atoms with Gasteiger partial charge in [-0.1, -0.05) is 0 Å². The summed E-state index contributed by atoms with van der Waals surface area (Å²) in [6, 6.07) is 3.74. The van der Waals surface area contributed by atoms with E-state index >= 15 is 0 Å². The summed E-state index contributed by atoms with van der Waals surface area (Å²) in [5.74, 6) is 0. The number of rotatable bonds is 6. The van der Waals surface area contributed by atoms with Crippen LogP contribution in [0.3, 0.4) is 0 Å². The average molecular weight is 489 g/mol. The molecule has 0 N–H and O–H groups in total. The topological polar surface area (TPSA) is 18.5 Å². The molecule has 0 radical (unpaired) electrons. The zero-order valence-corrected chi connectivity index (χ0v) is 18.7. The van der Waals surface area contributed by atoms with Gasteiger partial charge in [0.1, 0.15) is 0 Å². The fraction of sp³-hybridized carbons (Fsp3) is 0.111. The van der Waals surface area contributed by atoms with Gasteiger partial charge in [-0.3, -0.25) is 0 Å². The molecule has 0 unspecified atom stereocenters. The second-order valence-electron chi connectivity index (χ2n) is 5.64. The molecular weight excluding hydrogens is 474 g/mol. The molecule has 2 nitrogen and oxygen atoms in total. The Morgan fingerprint density at radius 3 is 1.60 bits per heavy atom. The summed E-state index contributed by atoms with van der Waals surface area (Å²) in [5, 5.41) is 6.77. The second kappa shape index (κ2) is 7.58. The molecule has 0 bridgehead atoms. The predicted molar refractivity (Wildman–Crippen MR) is 104 cm³/mol. The van der Waals surface area contributed by atoms with Gasteiger partial charge in [-0.25, -0.2) is 0 Å². The number of allylic oxidation sites excluding steroid dienone is 8. The van der Waals surface area contributed by atoms with E-state index in [0.717, 1.165) is 23.0 Å². The van der Waals surface area contributed by atoms with Crippen molar-refractivity contribution in [3.05, 3.63) is 76.0 Å². The average Bonchev–Trinajstić information content (AvgIpc) is 3.36. The van der Waals surface area contributed by atoms with Crippen molar-refractivity contribution in [3.63, 3.8) is 0 Å². The molecule has 7 heteroatoms. The molecule has 4 rings (SSSR count). The van der Waals surface area contributed by atoms with Crippen LogP contribution in [0.4, 0.5) is 0 Å². The molecule has 0 atom stereocenters. The molecular formula is C18H14Cl2O2S2Zr. The second-order valence-corrected chi connectivity index (χ2v) is 15.4. The van der Waals surface area contributed by atoms with Crippen molar-refractivity contribution in [2.24, 2.45) is 0 Å². The molecule has 0 fully saturated rings. The molecule has 2 heterocycles. The first-order valence-corrected chi connectivity index (χ1v) is 14.7. The number of halogens is 2. The maximum absolute atomic E-state index is 6.67. The third kappa shape index (κ3) is 3.77. The summed E-state index contributed by atoms with van der Waals surface area (Å²) in [5.41, 5.74) is 0. The van der Waals surface area contributed by atoms with Crippen LogP contribution in [0, 0.1) is 0 Å². The molecule has 2 aliphatic carbocycles. The molecule has 0 aromatic carbocycles. The van der Waals surface area contributed by atoms with Gasteiger partial charge in [-0.2, -0.15) is 0 Å². The monoisotopic (exact) mass is 486 g/mol. The fourth-order valence-corrected chi connectivity index (χ4v) is 14.2. The molecule has 25 heavy (non-hydrogen) atoms. The van der Waals surface area contributed by atoms with Gasteiger partial charge < -0.3 is 0 Å². The Morgan fingerprint density at radius 1 is 0.800 bits per heavy atom. The van der Waals surface area contributed by atoms with E-state index in [1.165, 1.54) is 29.2 Å². The molecule has 0 aliphatic heterocycles. The zero-order chi connectivity index (χ0) is 17.3. The Balaban J connectivity index is 1.78. The van der Waals surface area contributed by atoms with E-state index < -0.39 is 21.1 Å². The van der Waals surface area contributed by atoms with Crippen LogP contribution in [-0.4, -0.2) is 0 Å². The summed E-state index contributed by atoms with van der Waals surface area (Å²) in [7, 11) is 0. The third-order valence-electron chi connectivity index (χ3n) is 3.96. The Labute approximate surface area is 170 Å². The van der Waals surface area contributed by atoms with Crippen molar-refractivity contribution >= 4 is 45.9 Å². The quantitative estimate of drug-likeness (QED) is 0.427. The molecule has 0 saturated carbocycles. The van der Waals surface area contributed by atoms with Crippen molar-refractivity contribution in [1.29, 1.82) is 0 Å². The van der Waals surface area contributed by atoms with Gasteiger partial charge in [-0.15, -0.1) is 0 Å². The van der Waals surface area contributed by atoms with Gasteiger partial charge in [0.15, 0.2) is 0 Å². The first-order valence-electron chi connectivity index (χ1n) is 7.74. The first-order chi connectivity index (χ1) is 12.2. The Hall–Kier alpha value is -0.577. The molecule has 128 valence electrons. The molecule has 2 aromatic rings. The Kier molecular flexibility index (Phi) is 5.40. The van der Waals surface area contributed by atoms with Gasteiger partial charge >= 0.3 is 172 Å². The molecule has 2 aromatic heterocycles. The van der Waals surface area contributed by atoms with Crippen LogP contribution in [0.2, 0.25) is 10.0 Å². The minimum absolute atomic E-state index is 0.691. The summed E-state index contributed by atoms with van der Waals surface area (Å²) in [6.07, 6.45) is 14.5. The van der Waals surface area contributed by atoms with E-state index in [4.69, 9.17) is 28.8 Å². The summed E-state index contributed by atoms with van der Waals surface area (Å²) in [4.78, 5) is 0. The van der Waals surface area contributed by atoms with Crippen LogP contribution in [-0.2, 0) is 21.1 Å². The van der Waals surface area contributed by atoms with Crippen molar-refractivity contribution in [3.8, 4) is 10.1 Å². The van der Waals surface area contributed by atoms with Crippen molar-refractivity contribution in [2.45, 2.75) is 12.8 Å². The minimum atomic E-state index is -3.85. The van der Waals surface area contributed by atoms with E-state index in [1.807, 2.05) is 22.9 Å². The Morgan fingerprint density at radius 2 is 1.28 bits per heavy atom. The number of thiophene rings is 2. The normalized spacial score (nSPS) is 16.2. The summed E-state index contributed by atoms with van der Waals surface area (Å²) < 4.78 is 15.9. The SMILES string of the molecule is Clc1csc([O][Zr]([O]c2cc(Cl)cs2)([C]2=CC=CC2)[C]2=CC=CC2)c1. The summed E-state index contributed by atoms with van der Waals surface area (Å²) in [6.45, 7) is 0. The number of hydrogen-bond acceptors (Lipinski definition) is 4. The van der Waals surface area contributed by atoms with E-state index in [-0.39, 0.29) is 0 Å². The van der Waals surface area contributed by atoms with Crippen molar-refractivity contribution in [1.82, 2.24) is 0 Å². The molecule has 0 spiro atoms. The van der Waals surface area contributed by atoms with Crippen LogP contribution in [0.25, 0.3) is 0 Å². The molecule has 0 amide bonds. The predicted octanol–water partition coefficient (Wildman–Crippen LogP) is 7.25. The van der Waals surface area contributed by atoms with Crippen LogP contribution in [0.5, 0.6) is 10.1 Å². The van der Waals surface area contributed by atoms with Crippen molar-refractivity contribution in [2.75, 3.05) is 0 Å². The maximum atomic E-state index is 6.67. The standard InChI is InChI=1S/2C5H5.2C4H3ClOS.Zr/c2*1-2-4-5-3-1;2*5-3-1-4(6)7-2-3;/h2*1-3H,4H2;2*1-2,6H;/q;;;;+2/p-2. The molecule has 0 saturated heterocycles. The first kappa shape index (κ1) is 17.8. The summed E-state index contributed by atoms with van der Waals surface area (Å²) >= 11 is 11.4. The van der Waals surface area contributed by atoms with E-state index in [2.05, 4.69) is 36.5 Å². The number of hydrogen-bond donors (Lipinski definition) is 0. The fourth-order valence-electron chi connectivity index (χ4n) is 2.85. The zero-order valence-electron chi connectivity index (χ0n) is 13.1. The van der Waals surface area contributed by atoms with Crippen LogP contribution >= 0.6 is 45.9 Å². The van der Waals surface area contributed by atoms with Crippen LogP contribution in [0.15, 0.2) is 65.9 Å². The third-order valence-corrected chi connectivity index (χ3v) is 15.5. The van der Waals surface area contributed by atoms with Gasteiger partial charge in [0.05, 0.1) is 0 Å². The van der Waals surface area contributed by atoms with Crippen LogP contribution < -0.4 is 5.63 Å².